The van der Waals surface area contributed by atoms with Crippen LogP contribution in [0.4, 0.5) is 6.01 Å². The third-order valence-electron chi connectivity index (χ3n) is 4.22. The van der Waals surface area contributed by atoms with Crippen LogP contribution in [0, 0.1) is 13.8 Å². The summed E-state index contributed by atoms with van der Waals surface area (Å²) in [4.78, 5) is 8.86. The number of nitrogens with two attached hydrogens (primary N) is 1. The van der Waals surface area contributed by atoms with Gasteiger partial charge in [-0.2, -0.15) is 4.98 Å². The number of nitrogens with zero attached hydrogens (tertiary/aromatic N) is 3. The minimum absolute atomic E-state index is 0.212. The van der Waals surface area contributed by atoms with Gasteiger partial charge in [0.25, 0.3) is 6.01 Å². The van der Waals surface area contributed by atoms with Crippen LogP contribution in [0.15, 0.2) is 40.9 Å². The normalized spacial score (nSPS) is 11.6. The molecule has 0 unspecified atom stereocenters. The second kappa shape index (κ2) is 5.12. The number of aromatic nitrogens is 3. The summed E-state index contributed by atoms with van der Waals surface area (Å²) in [5.41, 5.74) is 12.9. The molecule has 0 bridgehead atoms. The molecule has 5 nitrogen and oxygen atoms in total. The van der Waals surface area contributed by atoms with E-state index in [0.29, 0.717) is 0 Å². The molecule has 0 fully saturated rings. The first-order chi connectivity index (χ1) is 11.1. The third-order valence-corrected chi connectivity index (χ3v) is 4.22. The summed E-state index contributed by atoms with van der Waals surface area (Å²) < 4.78 is 7.55. The van der Waals surface area contributed by atoms with Crippen LogP contribution in [0.5, 0.6) is 0 Å². The van der Waals surface area contributed by atoms with Crippen molar-refractivity contribution < 1.29 is 4.42 Å². The molecule has 0 radical (unpaired) electrons. The second-order valence-corrected chi connectivity index (χ2v) is 5.93. The van der Waals surface area contributed by atoms with Crippen LogP contribution in [0.2, 0.25) is 0 Å². The lowest BCUT2D eigenvalue weighted by Gasteiger charge is -2.01. The van der Waals surface area contributed by atoms with Gasteiger partial charge in [-0.1, -0.05) is 12.1 Å². The fourth-order valence-corrected chi connectivity index (χ4v) is 2.96. The highest BCUT2D eigenvalue weighted by molar-refractivity contribution is 5.74. The van der Waals surface area contributed by atoms with Crippen LogP contribution < -0.4 is 5.73 Å². The molecule has 0 aliphatic carbocycles. The Morgan fingerprint density at radius 2 is 1.96 bits per heavy atom. The molecule has 23 heavy (non-hydrogen) atoms. The number of hydrogen-bond donors (Lipinski definition) is 1. The summed E-state index contributed by atoms with van der Waals surface area (Å²) in [6, 6.07) is 10.4. The fraction of sp³-hybridized carbons (Fsp3) is 0.222. The lowest BCUT2D eigenvalue weighted by Crippen LogP contribution is -1.95. The van der Waals surface area contributed by atoms with Gasteiger partial charge in [0.1, 0.15) is 11.2 Å². The molecule has 0 saturated carbocycles. The Morgan fingerprint density at radius 3 is 2.83 bits per heavy atom. The van der Waals surface area contributed by atoms with Crippen molar-refractivity contribution in [3.8, 4) is 0 Å². The predicted molar refractivity (Wildman–Crippen MR) is 90.5 cm³/mol. The van der Waals surface area contributed by atoms with Crippen molar-refractivity contribution in [2.45, 2.75) is 26.7 Å². The zero-order chi connectivity index (χ0) is 16.0. The van der Waals surface area contributed by atoms with E-state index in [1.807, 2.05) is 12.1 Å². The van der Waals surface area contributed by atoms with E-state index in [-0.39, 0.29) is 6.01 Å². The van der Waals surface area contributed by atoms with E-state index < -0.39 is 0 Å². The maximum atomic E-state index is 5.59. The highest BCUT2D eigenvalue weighted by Gasteiger charge is 2.09. The van der Waals surface area contributed by atoms with E-state index >= 15 is 0 Å². The SMILES string of the molecule is Cc1ccc2nc(CCc3ccc4nc(N)oc4c3)c(C)n2c1. The van der Waals surface area contributed by atoms with Crippen molar-refractivity contribution in [1.29, 1.82) is 0 Å². The van der Waals surface area contributed by atoms with Crippen molar-refractivity contribution in [3.63, 3.8) is 0 Å². The number of nitrogen functional groups attached to an aromatic ring is 1. The molecule has 3 aromatic heterocycles. The number of anilines is 1. The van der Waals surface area contributed by atoms with Crippen LogP contribution in [0.25, 0.3) is 16.7 Å². The van der Waals surface area contributed by atoms with Gasteiger partial charge in [0.2, 0.25) is 0 Å². The van der Waals surface area contributed by atoms with Crippen LogP contribution in [-0.4, -0.2) is 14.4 Å². The zero-order valence-electron chi connectivity index (χ0n) is 13.2. The summed E-state index contributed by atoms with van der Waals surface area (Å²) in [6.07, 6.45) is 3.92. The van der Waals surface area contributed by atoms with E-state index in [9.17, 15) is 0 Å². The van der Waals surface area contributed by atoms with Crippen molar-refractivity contribution >= 4 is 22.8 Å². The second-order valence-electron chi connectivity index (χ2n) is 5.93. The van der Waals surface area contributed by atoms with Crippen molar-refractivity contribution in [2.75, 3.05) is 5.73 Å². The van der Waals surface area contributed by atoms with Gasteiger partial charge in [-0.3, -0.25) is 0 Å². The molecule has 4 rings (SSSR count). The summed E-state index contributed by atoms with van der Waals surface area (Å²) in [5.74, 6) is 0. The zero-order valence-corrected chi connectivity index (χ0v) is 13.2. The fourth-order valence-electron chi connectivity index (χ4n) is 2.96. The lowest BCUT2D eigenvalue weighted by molar-refractivity contribution is 0.625. The number of benzene rings is 1. The third kappa shape index (κ3) is 2.44. The Labute approximate surface area is 133 Å². The van der Waals surface area contributed by atoms with Gasteiger partial charge in [-0.25, -0.2) is 4.98 Å². The molecular weight excluding hydrogens is 288 g/mol. The van der Waals surface area contributed by atoms with E-state index in [4.69, 9.17) is 15.1 Å². The van der Waals surface area contributed by atoms with Crippen molar-refractivity contribution in [3.05, 3.63) is 59.0 Å². The molecule has 2 N–H and O–H groups in total. The Kier molecular flexibility index (Phi) is 3.08. The monoisotopic (exact) mass is 306 g/mol. The summed E-state index contributed by atoms with van der Waals surface area (Å²) in [5, 5.41) is 0. The number of aryl methyl sites for hydroxylation is 4. The van der Waals surface area contributed by atoms with Gasteiger partial charge < -0.3 is 14.6 Å². The van der Waals surface area contributed by atoms with Gasteiger partial charge in [0.05, 0.1) is 5.69 Å². The molecule has 0 amide bonds. The smallest absolute Gasteiger partial charge is 0.292 e. The van der Waals surface area contributed by atoms with Gasteiger partial charge in [-0.05, 0) is 56.0 Å². The molecule has 1 aromatic carbocycles. The summed E-state index contributed by atoms with van der Waals surface area (Å²) in [6.45, 7) is 4.21. The van der Waals surface area contributed by atoms with Crippen LogP contribution in [0.1, 0.15) is 22.5 Å². The molecule has 116 valence electrons. The van der Waals surface area contributed by atoms with Crippen molar-refractivity contribution in [1.82, 2.24) is 14.4 Å². The van der Waals surface area contributed by atoms with Gasteiger partial charge >= 0.3 is 0 Å². The van der Waals surface area contributed by atoms with Gasteiger partial charge in [0.15, 0.2) is 5.58 Å². The number of oxazole rings is 1. The van der Waals surface area contributed by atoms with Crippen molar-refractivity contribution in [2.24, 2.45) is 0 Å². The highest BCUT2D eigenvalue weighted by atomic mass is 16.4. The summed E-state index contributed by atoms with van der Waals surface area (Å²) in [7, 11) is 0. The topological polar surface area (TPSA) is 69.3 Å². The number of hydrogen-bond acceptors (Lipinski definition) is 4. The summed E-state index contributed by atoms with van der Waals surface area (Å²) >= 11 is 0. The average molecular weight is 306 g/mol. The number of fused-ring (bicyclic) bond motifs is 2. The van der Waals surface area contributed by atoms with Crippen LogP contribution in [-0.2, 0) is 12.8 Å². The van der Waals surface area contributed by atoms with Crippen LogP contribution >= 0.6 is 0 Å². The molecule has 0 aliphatic rings. The largest absolute Gasteiger partial charge is 0.424 e. The molecule has 0 saturated heterocycles. The quantitative estimate of drug-likeness (QED) is 0.629. The first kappa shape index (κ1) is 13.8. The molecular formula is C18H18N4O. The Bertz CT molecular complexity index is 1010. The molecule has 0 spiro atoms. The number of imidazole rings is 1. The lowest BCUT2D eigenvalue weighted by atomic mass is 10.1. The van der Waals surface area contributed by atoms with E-state index in [0.717, 1.165) is 35.3 Å². The molecule has 0 aliphatic heterocycles. The molecule has 5 heteroatoms. The Balaban J connectivity index is 1.61. The van der Waals surface area contributed by atoms with E-state index in [2.05, 4.69) is 47.6 Å². The number of pyridine rings is 1. The van der Waals surface area contributed by atoms with E-state index in [1.54, 1.807) is 0 Å². The minimum Gasteiger partial charge on any atom is -0.424 e. The maximum absolute atomic E-state index is 5.59. The standard InChI is InChI=1S/C18H18N4O/c1-11-3-8-17-20-14(12(2)22(17)10-11)6-4-13-5-7-15-16(9-13)23-18(19)21-15/h3,5,7-10H,4,6H2,1-2H3,(H2,19,21). The first-order valence-electron chi connectivity index (χ1n) is 7.69. The van der Waals surface area contributed by atoms with E-state index in [1.165, 1.54) is 16.8 Å². The Morgan fingerprint density at radius 1 is 1.09 bits per heavy atom. The maximum Gasteiger partial charge on any atom is 0.292 e. The Hall–Kier alpha value is -2.82. The number of rotatable bonds is 3. The minimum atomic E-state index is 0.212. The predicted octanol–water partition coefficient (Wildman–Crippen LogP) is 3.46. The van der Waals surface area contributed by atoms with Gasteiger partial charge in [-0.15, -0.1) is 0 Å². The molecule has 4 aromatic rings. The molecule has 0 atom stereocenters. The average Bonchev–Trinajstić information content (AvgIpc) is 3.04. The van der Waals surface area contributed by atoms with Crippen LogP contribution in [0.3, 0.4) is 0 Å². The highest BCUT2D eigenvalue weighted by Crippen LogP contribution is 2.20. The first-order valence-corrected chi connectivity index (χ1v) is 7.69. The van der Waals surface area contributed by atoms with Gasteiger partial charge in [0, 0.05) is 11.9 Å². The molecule has 3 heterocycles.